The molecule has 0 aromatic carbocycles. The fourth-order valence-corrected chi connectivity index (χ4v) is 3.84. The van der Waals surface area contributed by atoms with E-state index in [2.05, 4.69) is 5.10 Å². The number of carbonyl (C=O) groups excluding carboxylic acids is 2. The first-order valence-corrected chi connectivity index (χ1v) is 8.68. The van der Waals surface area contributed by atoms with Crippen LogP contribution in [0.4, 0.5) is 0 Å². The summed E-state index contributed by atoms with van der Waals surface area (Å²) in [5.74, 6) is -0.155. The summed E-state index contributed by atoms with van der Waals surface area (Å²) in [5.41, 5.74) is -0.170. The Morgan fingerprint density at radius 1 is 1.28 bits per heavy atom. The molecule has 0 unspecified atom stereocenters. The van der Waals surface area contributed by atoms with Crippen molar-refractivity contribution in [1.29, 1.82) is 0 Å². The van der Waals surface area contributed by atoms with E-state index in [0.717, 1.165) is 12.8 Å². The Labute approximate surface area is 146 Å². The molecule has 8 heteroatoms. The van der Waals surface area contributed by atoms with Gasteiger partial charge in [0.1, 0.15) is 6.54 Å². The van der Waals surface area contributed by atoms with Gasteiger partial charge in [0.05, 0.1) is 17.7 Å². The zero-order valence-electron chi connectivity index (χ0n) is 14.5. The topological polar surface area (TPSA) is 95.7 Å². The molecular weight excluding hydrogens is 324 g/mol. The van der Waals surface area contributed by atoms with E-state index in [-0.39, 0.29) is 30.5 Å². The number of likely N-dealkylation sites (tertiary alicyclic amines) is 2. The largest absolute Gasteiger partial charge is 0.395 e. The fourth-order valence-electron chi connectivity index (χ4n) is 3.84. The summed E-state index contributed by atoms with van der Waals surface area (Å²) >= 11 is 0. The number of hydrogen-bond acceptors (Lipinski definition) is 5. The summed E-state index contributed by atoms with van der Waals surface area (Å²) in [6.07, 6.45) is 2.28. The third-order valence-electron chi connectivity index (χ3n) is 5.19. The predicted molar refractivity (Wildman–Crippen MR) is 89.8 cm³/mol. The summed E-state index contributed by atoms with van der Waals surface area (Å²) < 4.78 is 1.17. The number of aromatic nitrogens is 2. The number of piperidine rings is 1. The number of hydrogen-bond donors (Lipinski definition) is 1. The van der Waals surface area contributed by atoms with Crippen LogP contribution in [0.1, 0.15) is 25.0 Å². The minimum absolute atomic E-state index is 0.0361. The van der Waals surface area contributed by atoms with Crippen molar-refractivity contribution in [2.75, 3.05) is 32.8 Å². The van der Waals surface area contributed by atoms with Crippen molar-refractivity contribution < 1.29 is 14.7 Å². The Morgan fingerprint density at radius 3 is 2.84 bits per heavy atom. The molecule has 0 saturated carbocycles. The Morgan fingerprint density at radius 2 is 2.08 bits per heavy atom. The van der Waals surface area contributed by atoms with E-state index < -0.39 is 5.41 Å². The molecule has 1 aromatic rings. The molecule has 1 atom stereocenters. The second-order valence-electron chi connectivity index (χ2n) is 6.94. The van der Waals surface area contributed by atoms with E-state index in [9.17, 15) is 14.4 Å². The van der Waals surface area contributed by atoms with Gasteiger partial charge in [0, 0.05) is 32.2 Å². The smallest absolute Gasteiger partial charge is 0.267 e. The Balaban J connectivity index is 1.69. The van der Waals surface area contributed by atoms with Crippen LogP contribution in [0.15, 0.2) is 16.9 Å². The van der Waals surface area contributed by atoms with Crippen molar-refractivity contribution in [3.05, 3.63) is 28.2 Å². The van der Waals surface area contributed by atoms with Gasteiger partial charge in [-0.2, -0.15) is 5.10 Å². The van der Waals surface area contributed by atoms with Crippen molar-refractivity contribution in [3.8, 4) is 0 Å². The number of carbonyl (C=O) groups is 2. The summed E-state index contributed by atoms with van der Waals surface area (Å²) in [4.78, 5) is 40.5. The summed E-state index contributed by atoms with van der Waals surface area (Å²) in [5, 5.41) is 13.2. The van der Waals surface area contributed by atoms with Gasteiger partial charge in [-0.1, -0.05) is 0 Å². The van der Waals surface area contributed by atoms with Gasteiger partial charge in [0.25, 0.3) is 5.56 Å². The van der Waals surface area contributed by atoms with Crippen LogP contribution in [0.5, 0.6) is 0 Å². The lowest BCUT2D eigenvalue weighted by molar-refractivity contribution is -0.146. The van der Waals surface area contributed by atoms with E-state index >= 15 is 0 Å². The molecule has 1 N–H and O–H groups in total. The van der Waals surface area contributed by atoms with Crippen LogP contribution in [0.25, 0.3) is 0 Å². The van der Waals surface area contributed by atoms with E-state index in [1.807, 2.05) is 0 Å². The zero-order valence-corrected chi connectivity index (χ0v) is 14.5. The van der Waals surface area contributed by atoms with Crippen molar-refractivity contribution in [1.82, 2.24) is 19.6 Å². The Kier molecular flexibility index (Phi) is 4.89. The molecule has 8 nitrogen and oxygen atoms in total. The number of nitrogens with zero attached hydrogens (tertiary/aromatic N) is 4. The molecule has 136 valence electrons. The summed E-state index contributed by atoms with van der Waals surface area (Å²) in [6, 6.07) is 3.02. The SMILES string of the molecule is Cc1ccc(=O)n(CC(=O)N2CC[C@]3(CCCN(CCO)C3=O)C2)n1. The fraction of sp³-hybridized carbons (Fsp3) is 0.647. The third kappa shape index (κ3) is 3.44. The van der Waals surface area contributed by atoms with Gasteiger partial charge in [0.15, 0.2) is 0 Å². The summed E-state index contributed by atoms with van der Waals surface area (Å²) in [6.45, 7) is 3.51. The molecule has 2 aliphatic heterocycles. The number of amides is 2. The van der Waals surface area contributed by atoms with E-state index in [1.165, 1.54) is 10.7 Å². The van der Waals surface area contributed by atoms with Crippen molar-refractivity contribution in [2.45, 2.75) is 32.7 Å². The van der Waals surface area contributed by atoms with Gasteiger partial charge in [-0.15, -0.1) is 0 Å². The molecule has 0 aliphatic carbocycles. The van der Waals surface area contributed by atoms with Gasteiger partial charge >= 0.3 is 0 Å². The van der Waals surface area contributed by atoms with Gasteiger partial charge in [0.2, 0.25) is 11.8 Å². The first-order chi connectivity index (χ1) is 11.9. The molecule has 2 fully saturated rings. The molecule has 2 amide bonds. The van der Waals surface area contributed by atoms with Crippen LogP contribution in [0.2, 0.25) is 0 Å². The third-order valence-corrected chi connectivity index (χ3v) is 5.19. The number of β-amino-alcohol motifs (C(OH)–C–C–N with tert-alkyl or cyclic N) is 1. The summed E-state index contributed by atoms with van der Waals surface area (Å²) in [7, 11) is 0. The lowest BCUT2D eigenvalue weighted by Crippen LogP contribution is -2.51. The molecule has 1 aromatic heterocycles. The van der Waals surface area contributed by atoms with Gasteiger partial charge in [-0.05, 0) is 32.3 Å². The second-order valence-corrected chi connectivity index (χ2v) is 6.94. The van der Waals surface area contributed by atoms with Gasteiger partial charge < -0.3 is 14.9 Å². The Bertz CT molecular complexity index is 730. The quantitative estimate of drug-likeness (QED) is 0.783. The Hall–Kier alpha value is -2.22. The van der Waals surface area contributed by atoms with Crippen molar-refractivity contribution >= 4 is 11.8 Å². The maximum atomic E-state index is 12.8. The van der Waals surface area contributed by atoms with Crippen LogP contribution in [0.3, 0.4) is 0 Å². The molecule has 0 radical (unpaired) electrons. The maximum Gasteiger partial charge on any atom is 0.267 e. The minimum Gasteiger partial charge on any atom is -0.395 e. The molecule has 3 heterocycles. The van der Waals surface area contributed by atoms with Crippen LogP contribution in [-0.4, -0.2) is 69.3 Å². The van der Waals surface area contributed by atoms with Crippen LogP contribution >= 0.6 is 0 Å². The highest BCUT2D eigenvalue weighted by molar-refractivity contribution is 5.86. The number of aliphatic hydroxyl groups excluding tert-OH is 1. The average Bonchev–Trinajstić information content (AvgIpc) is 3.01. The normalized spacial score (nSPS) is 23.5. The molecule has 2 aliphatic rings. The van der Waals surface area contributed by atoms with E-state index in [4.69, 9.17) is 5.11 Å². The first kappa shape index (κ1) is 17.6. The highest BCUT2D eigenvalue weighted by atomic mass is 16.3. The van der Waals surface area contributed by atoms with E-state index in [0.29, 0.717) is 38.3 Å². The molecule has 3 rings (SSSR count). The van der Waals surface area contributed by atoms with E-state index in [1.54, 1.807) is 22.8 Å². The lowest BCUT2D eigenvalue weighted by Gasteiger charge is -2.39. The predicted octanol–water partition coefficient (Wildman–Crippen LogP) is -0.615. The molecule has 0 bridgehead atoms. The van der Waals surface area contributed by atoms with Crippen molar-refractivity contribution in [2.24, 2.45) is 5.41 Å². The monoisotopic (exact) mass is 348 g/mol. The zero-order chi connectivity index (χ0) is 18.0. The molecule has 1 spiro atoms. The van der Waals surface area contributed by atoms with Crippen LogP contribution in [-0.2, 0) is 16.1 Å². The second kappa shape index (κ2) is 6.95. The van der Waals surface area contributed by atoms with Crippen LogP contribution < -0.4 is 5.56 Å². The van der Waals surface area contributed by atoms with Crippen molar-refractivity contribution in [3.63, 3.8) is 0 Å². The number of aryl methyl sites for hydroxylation is 1. The number of rotatable bonds is 4. The maximum absolute atomic E-state index is 12.8. The van der Waals surface area contributed by atoms with Crippen LogP contribution in [0, 0.1) is 12.3 Å². The average molecular weight is 348 g/mol. The highest BCUT2D eigenvalue weighted by Crippen LogP contribution is 2.40. The van der Waals surface area contributed by atoms with Gasteiger partial charge in [-0.25, -0.2) is 4.68 Å². The molecule has 2 saturated heterocycles. The highest BCUT2D eigenvalue weighted by Gasteiger charge is 2.49. The standard InChI is InChI=1S/C17H24N4O4/c1-13-3-4-14(23)21(18-13)11-15(24)20-8-6-17(12-20)5-2-7-19(9-10-22)16(17)25/h3-4,22H,2,5-12H2,1H3/t17-/m1/s1. The lowest BCUT2D eigenvalue weighted by atomic mass is 9.78. The minimum atomic E-state index is -0.534. The first-order valence-electron chi connectivity index (χ1n) is 8.68. The molecule has 25 heavy (non-hydrogen) atoms. The molecular formula is C17H24N4O4. The van der Waals surface area contributed by atoms with Gasteiger partial charge in [-0.3, -0.25) is 14.4 Å². The number of aliphatic hydroxyl groups is 1.